The van der Waals surface area contributed by atoms with Crippen LogP contribution in [0.4, 0.5) is 0 Å². The summed E-state index contributed by atoms with van der Waals surface area (Å²) in [4.78, 5) is 37.7. The zero-order chi connectivity index (χ0) is 18.4. The number of pyridine rings is 3. The van der Waals surface area contributed by atoms with Gasteiger partial charge in [0, 0.05) is 44.1 Å². The number of carbonyl (C=O) groups is 2. The third kappa shape index (κ3) is 4.27. The van der Waals surface area contributed by atoms with Crippen molar-refractivity contribution in [1.29, 1.82) is 0 Å². The minimum atomic E-state index is -1.10. The van der Waals surface area contributed by atoms with Crippen molar-refractivity contribution in [3.63, 3.8) is 0 Å². The standard InChI is InChI=1S/C19H16N4O3/c24-18(17-11-16(19(25)26)5-10-22-17)23(12-14-1-6-20-7-2-14)13-15-3-8-21-9-4-15/h1-11H,12-13H2,(H,25,26). The lowest BCUT2D eigenvalue weighted by Crippen LogP contribution is -2.31. The first-order valence-corrected chi connectivity index (χ1v) is 7.90. The third-order valence-electron chi connectivity index (χ3n) is 3.76. The average Bonchev–Trinajstić information content (AvgIpc) is 2.68. The Morgan fingerprint density at radius 3 is 1.88 bits per heavy atom. The molecule has 0 aliphatic carbocycles. The first kappa shape index (κ1) is 17.2. The van der Waals surface area contributed by atoms with Crippen LogP contribution in [0.1, 0.15) is 32.0 Å². The normalized spacial score (nSPS) is 10.3. The van der Waals surface area contributed by atoms with E-state index in [0.29, 0.717) is 13.1 Å². The number of nitrogens with zero attached hydrogens (tertiary/aromatic N) is 4. The molecule has 3 aromatic rings. The van der Waals surface area contributed by atoms with E-state index in [1.165, 1.54) is 18.3 Å². The molecule has 0 aliphatic rings. The Morgan fingerprint density at radius 1 is 0.846 bits per heavy atom. The van der Waals surface area contributed by atoms with E-state index < -0.39 is 5.97 Å². The second-order valence-corrected chi connectivity index (χ2v) is 5.61. The number of hydrogen-bond donors (Lipinski definition) is 1. The van der Waals surface area contributed by atoms with Crippen LogP contribution in [0.5, 0.6) is 0 Å². The maximum Gasteiger partial charge on any atom is 0.335 e. The molecule has 3 aromatic heterocycles. The fraction of sp³-hybridized carbons (Fsp3) is 0.105. The van der Waals surface area contributed by atoms with E-state index in [2.05, 4.69) is 15.0 Å². The van der Waals surface area contributed by atoms with Crippen molar-refractivity contribution in [2.24, 2.45) is 0 Å². The Balaban J connectivity index is 1.89. The number of carboxylic acid groups (broad SMARTS) is 1. The van der Waals surface area contributed by atoms with Crippen molar-refractivity contribution in [3.8, 4) is 0 Å². The molecule has 1 amide bonds. The molecule has 0 fully saturated rings. The van der Waals surface area contributed by atoms with Crippen molar-refractivity contribution < 1.29 is 14.7 Å². The summed E-state index contributed by atoms with van der Waals surface area (Å²) in [5.41, 5.74) is 1.94. The summed E-state index contributed by atoms with van der Waals surface area (Å²) < 4.78 is 0. The molecule has 0 aliphatic heterocycles. The van der Waals surface area contributed by atoms with Crippen LogP contribution in [-0.4, -0.2) is 36.8 Å². The van der Waals surface area contributed by atoms with Crippen LogP contribution in [0.3, 0.4) is 0 Å². The van der Waals surface area contributed by atoms with Gasteiger partial charge in [0.2, 0.25) is 0 Å². The maximum atomic E-state index is 13.0. The molecule has 0 saturated heterocycles. The highest BCUT2D eigenvalue weighted by Gasteiger charge is 2.19. The number of rotatable bonds is 6. The van der Waals surface area contributed by atoms with Gasteiger partial charge < -0.3 is 10.0 Å². The van der Waals surface area contributed by atoms with Crippen LogP contribution >= 0.6 is 0 Å². The van der Waals surface area contributed by atoms with Gasteiger partial charge in [0.25, 0.3) is 5.91 Å². The Morgan fingerprint density at radius 2 is 1.38 bits per heavy atom. The Kier molecular flexibility index (Phi) is 5.28. The topological polar surface area (TPSA) is 96.3 Å². The molecule has 3 rings (SSSR count). The molecule has 0 radical (unpaired) electrons. The van der Waals surface area contributed by atoms with E-state index in [4.69, 9.17) is 5.11 Å². The molecule has 7 nitrogen and oxygen atoms in total. The zero-order valence-corrected chi connectivity index (χ0v) is 13.8. The molecule has 0 spiro atoms. The highest BCUT2D eigenvalue weighted by atomic mass is 16.4. The lowest BCUT2D eigenvalue weighted by Gasteiger charge is -2.22. The van der Waals surface area contributed by atoms with Gasteiger partial charge in [0.1, 0.15) is 5.69 Å². The first-order valence-electron chi connectivity index (χ1n) is 7.90. The van der Waals surface area contributed by atoms with Gasteiger partial charge >= 0.3 is 5.97 Å². The molecule has 130 valence electrons. The fourth-order valence-corrected chi connectivity index (χ4v) is 2.46. The maximum absolute atomic E-state index is 13.0. The van der Waals surface area contributed by atoms with E-state index in [1.54, 1.807) is 29.7 Å². The van der Waals surface area contributed by atoms with E-state index in [1.807, 2.05) is 24.3 Å². The van der Waals surface area contributed by atoms with Crippen molar-refractivity contribution in [3.05, 3.63) is 89.8 Å². The van der Waals surface area contributed by atoms with Gasteiger partial charge in [-0.2, -0.15) is 0 Å². The largest absolute Gasteiger partial charge is 0.478 e. The van der Waals surface area contributed by atoms with Crippen LogP contribution in [0.2, 0.25) is 0 Å². The van der Waals surface area contributed by atoms with Crippen molar-refractivity contribution in [1.82, 2.24) is 19.9 Å². The summed E-state index contributed by atoms with van der Waals surface area (Å²) in [7, 11) is 0. The number of carbonyl (C=O) groups excluding carboxylic acids is 1. The molecule has 0 aromatic carbocycles. The van der Waals surface area contributed by atoms with Crippen LogP contribution in [-0.2, 0) is 13.1 Å². The SMILES string of the molecule is O=C(O)c1ccnc(C(=O)N(Cc2ccncc2)Cc2ccncc2)c1. The summed E-state index contributed by atoms with van der Waals surface area (Å²) >= 11 is 0. The molecular weight excluding hydrogens is 332 g/mol. The number of carboxylic acids is 1. The minimum absolute atomic E-state index is 0.0242. The molecule has 26 heavy (non-hydrogen) atoms. The molecule has 7 heteroatoms. The van der Waals surface area contributed by atoms with Gasteiger partial charge in [0.15, 0.2) is 0 Å². The lowest BCUT2D eigenvalue weighted by molar-refractivity contribution is 0.0696. The van der Waals surface area contributed by atoms with Crippen molar-refractivity contribution in [2.75, 3.05) is 0 Å². The second-order valence-electron chi connectivity index (χ2n) is 5.61. The number of hydrogen-bond acceptors (Lipinski definition) is 5. The molecule has 0 atom stereocenters. The Hall–Kier alpha value is -3.61. The average molecular weight is 348 g/mol. The summed E-state index contributed by atoms with van der Waals surface area (Å²) in [5.74, 6) is -1.45. The van der Waals surface area contributed by atoms with Gasteiger partial charge in [-0.3, -0.25) is 19.7 Å². The Bertz CT molecular complexity index is 859. The van der Waals surface area contributed by atoms with E-state index >= 15 is 0 Å². The first-order chi connectivity index (χ1) is 12.6. The summed E-state index contributed by atoms with van der Waals surface area (Å²) in [6, 6.07) is 9.95. The number of aromatic nitrogens is 3. The van der Waals surface area contributed by atoms with Gasteiger partial charge in [-0.25, -0.2) is 4.79 Å². The Labute approximate surface area is 150 Å². The van der Waals surface area contributed by atoms with Crippen LogP contribution in [0.25, 0.3) is 0 Å². The van der Waals surface area contributed by atoms with Crippen molar-refractivity contribution in [2.45, 2.75) is 13.1 Å². The van der Waals surface area contributed by atoms with Gasteiger partial charge in [-0.15, -0.1) is 0 Å². The van der Waals surface area contributed by atoms with Crippen LogP contribution < -0.4 is 0 Å². The van der Waals surface area contributed by atoms with E-state index in [9.17, 15) is 9.59 Å². The highest BCUT2D eigenvalue weighted by Crippen LogP contribution is 2.13. The predicted octanol–water partition coefficient (Wildman–Crippen LogP) is 2.41. The molecule has 1 N–H and O–H groups in total. The molecule has 0 saturated carbocycles. The number of aromatic carboxylic acids is 1. The predicted molar refractivity (Wildman–Crippen MR) is 93.2 cm³/mol. The zero-order valence-electron chi connectivity index (χ0n) is 13.8. The minimum Gasteiger partial charge on any atom is -0.478 e. The highest BCUT2D eigenvalue weighted by molar-refractivity contribution is 5.95. The van der Waals surface area contributed by atoms with Crippen LogP contribution in [0.15, 0.2) is 67.4 Å². The van der Waals surface area contributed by atoms with Gasteiger partial charge in [-0.1, -0.05) is 0 Å². The van der Waals surface area contributed by atoms with Crippen LogP contribution in [0, 0.1) is 0 Å². The molecular formula is C19H16N4O3. The monoisotopic (exact) mass is 348 g/mol. The summed E-state index contributed by atoms with van der Waals surface area (Å²) in [6.45, 7) is 0.700. The second kappa shape index (κ2) is 7.98. The van der Waals surface area contributed by atoms with Gasteiger partial charge in [0.05, 0.1) is 5.56 Å². The third-order valence-corrected chi connectivity index (χ3v) is 3.76. The number of amides is 1. The quantitative estimate of drug-likeness (QED) is 0.735. The van der Waals surface area contributed by atoms with Crippen molar-refractivity contribution >= 4 is 11.9 Å². The summed E-state index contributed by atoms with van der Waals surface area (Å²) in [6.07, 6.45) is 7.97. The molecule has 0 unspecified atom stereocenters. The van der Waals surface area contributed by atoms with E-state index in [-0.39, 0.29) is 17.2 Å². The van der Waals surface area contributed by atoms with E-state index in [0.717, 1.165) is 11.1 Å². The summed E-state index contributed by atoms with van der Waals surface area (Å²) in [5, 5.41) is 9.13. The van der Waals surface area contributed by atoms with Gasteiger partial charge in [-0.05, 0) is 47.5 Å². The molecule has 3 heterocycles. The fourth-order valence-electron chi connectivity index (χ4n) is 2.46. The smallest absolute Gasteiger partial charge is 0.335 e. The lowest BCUT2D eigenvalue weighted by atomic mass is 10.1. The molecule has 0 bridgehead atoms.